The van der Waals surface area contributed by atoms with Crippen LogP contribution in [0.4, 0.5) is 0 Å². The van der Waals surface area contributed by atoms with Crippen LogP contribution in [0.3, 0.4) is 0 Å². The summed E-state index contributed by atoms with van der Waals surface area (Å²) in [6, 6.07) is 14.8. The predicted molar refractivity (Wildman–Crippen MR) is 146 cm³/mol. The second kappa shape index (κ2) is 11.0. The van der Waals surface area contributed by atoms with Crippen LogP contribution in [-0.4, -0.2) is 32.0 Å². The fourth-order valence-corrected chi connectivity index (χ4v) is 5.67. The molecule has 0 bridgehead atoms. The van der Waals surface area contributed by atoms with E-state index in [0.29, 0.717) is 25.5 Å². The first kappa shape index (κ1) is 26.2. The number of fused-ring (bicyclic) bond motifs is 3. The highest BCUT2D eigenvalue weighted by atomic mass is 32.2. The third-order valence-corrected chi connectivity index (χ3v) is 8.07. The summed E-state index contributed by atoms with van der Waals surface area (Å²) in [6.07, 6.45) is 6.09. The van der Waals surface area contributed by atoms with Crippen LogP contribution >= 0.6 is 0 Å². The molecular formula is C30H37NO4S. The standard InChI is InChI=1S/C28H31NO4S.C2H6/c1-18-12-28(32-10-5-11-34(3,30)31)29-16-27(18)24-7-4-6-20(19(24)2)17-33-23-8-9-25-21(14-23)13-22-15-26(22)25;1-2/h4,6-9,12,14,16,22,26H,5,10-11,13,15,17H2,1-3H3;1-2H3. The van der Waals surface area contributed by atoms with Gasteiger partial charge >= 0.3 is 0 Å². The number of sulfone groups is 1. The van der Waals surface area contributed by atoms with E-state index in [4.69, 9.17) is 9.47 Å². The van der Waals surface area contributed by atoms with Crippen LogP contribution in [0.2, 0.25) is 0 Å². The number of aryl methyl sites for hydroxylation is 1. The maximum atomic E-state index is 11.3. The van der Waals surface area contributed by atoms with E-state index in [1.807, 2.05) is 33.0 Å². The average Bonchev–Trinajstić information content (AvgIpc) is 3.53. The molecule has 0 radical (unpaired) electrons. The minimum Gasteiger partial charge on any atom is -0.489 e. The first-order valence-corrected chi connectivity index (χ1v) is 15.0. The number of hydrogen-bond acceptors (Lipinski definition) is 5. The van der Waals surface area contributed by atoms with Gasteiger partial charge in [0.1, 0.15) is 22.2 Å². The van der Waals surface area contributed by atoms with Crippen LogP contribution in [0, 0.1) is 19.8 Å². The van der Waals surface area contributed by atoms with Gasteiger partial charge in [-0.1, -0.05) is 38.1 Å². The monoisotopic (exact) mass is 507 g/mol. The van der Waals surface area contributed by atoms with Gasteiger partial charge in [0.15, 0.2) is 0 Å². The first-order chi connectivity index (χ1) is 17.3. The Hall–Kier alpha value is -2.86. The summed E-state index contributed by atoms with van der Waals surface area (Å²) < 4.78 is 34.4. The number of benzene rings is 2. The van der Waals surface area contributed by atoms with E-state index in [1.165, 1.54) is 35.8 Å². The molecule has 5 nitrogen and oxygen atoms in total. The zero-order chi connectivity index (χ0) is 25.9. The van der Waals surface area contributed by atoms with E-state index >= 15 is 0 Å². The van der Waals surface area contributed by atoms with E-state index in [-0.39, 0.29) is 5.75 Å². The van der Waals surface area contributed by atoms with E-state index < -0.39 is 9.84 Å². The highest BCUT2D eigenvalue weighted by Gasteiger charge is 2.44. The lowest BCUT2D eigenvalue weighted by Gasteiger charge is -2.15. The largest absolute Gasteiger partial charge is 0.489 e. The molecule has 36 heavy (non-hydrogen) atoms. The summed E-state index contributed by atoms with van der Waals surface area (Å²) in [6.45, 7) is 9.02. The Morgan fingerprint density at radius 3 is 2.58 bits per heavy atom. The Labute approximate surface area is 215 Å². The zero-order valence-corrected chi connectivity index (χ0v) is 22.8. The number of pyridine rings is 1. The third-order valence-electron chi connectivity index (χ3n) is 7.04. The molecule has 0 amide bonds. The minimum atomic E-state index is -2.97. The molecule has 6 heteroatoms. The fraction of sp³-hybridized carbons (Fsp3) is 0.433. The lowest BCUT2D eigenvalue weighted by molar-refractivity contribution is 0.305. The number of nitrogens with zero attached hydrogens (tertiary/aromatic N) is 1. The molecule has 1 saturated carbocycles. The Bertz CT molecular complexity index is 1330. The Kier molecular flexibility index (Phi) is 8.04. The SMILES string of the molecule is CC.Cc1cc(OCCCS(C)(=O)=O)ncc1-c1cccc(COc2ccc3c(c2)CC2CC32)c1C. The molecule has 2 aliphatic rings. The van der Waals surface area contributed by atoms with Crippen molar-refractivity contribution in [2.45, 2.75) is 59.5 Å². The maximum Gasteiger partial charge on any atom is 0.213 e. The highest BCUT2D eigenvalue weighted by molar-refractivity contribution is 7.90. The zero-order valence-electron chi connectivity index (χ0n) is 22.0. The van der Waals surface area contributed by atoms with E-state index in [9.17, 15) is 8.42 Å². The Morgan fingerprint density at radius 2 is 1.83 bits per heavy atom. The average molecular weight is 508 g/mol. The molecule has 0 spiro atoms. The number of rotatable bonds is 9. The van der Waals surface area contributed by atoms with Gasteiger partial charge in [-0.15, -0.1) is 0 Å². The second-order valence-corrected chi connectivity index (χ2v) is 12.0. The maximum absolute atomic E-state index is 11.3. The van der Waals surface area contributed by atoms with Crippen molar-refractivity contribution in [1.82, 2.24) is 4.98 Å². The van der Waals surface area contributed by atoms with Gasteiger partial charge in [0.2, 0.25) is 5.88 Å². The van der Waals surface area contributed by atoms with Crippen molar-refractivity contribution < 1.29 is 17.9 Å². The van der Waals surface area contributed by atoms with Gasteiger partial charge in [-0.3, -0.25) is 0 Å². The topological polar surface area (TPSA) is 65.5 Å². The van der Waals surface area contributed by atoms with E-state index in [0.717, 1.165) is 39.8 Å². The van der Waals surface area contributed by atoms with Crippen LogP contribution in [-0.2, 0) is 22.9 Å². The number of ether oxygens (including phenoxy) is 2. The molecule has 5 rings (SSSR count). The van der Waals surface area contributed by atoms with Crippen molar-refractivity contribution in [3.8, 4) is 22.8 Å². The van der Waals surface area contributed by atoms with Crippen LogP contribution < -0.4 is 9.47 Å². The van der Waals surface area contributed by atoms with Crippen molar-refractivity contribution in [2.24, 2.45) is 5.92 Å². The normalized spacial score (nSPS) is 17.5. The molecule has 1 aromatic heterocycles. The summed E-state index contributed by atoms with van der Waals surface area (Å²) in [5.74, 6) is 3.26. The molecule has 0 aliphatic heterocycles. The van der Waals surface area contributed by atoms with Crippen LogP contribution in [0.1, 0.15) is 60.4 Å². The third kappa shape index (κ3) is 6.09. The Balaban J connectivity index is 0.00000148. The molecule has 1 fully saturated rings. The van der Waals surface area contributed by atoms with Crippen molar-refractivity contribution in [2.75, 3.05) is 18.6 Å². The first-order valence-electron chi connectivity index (χ1n) is 12.9. The molecule has 1 heterocycles. The van der Waals surface area contributed by atoms with Crippen LogP contribution in [0.25, 0.3) is 11.1 Å². The summed E-state index contributed by atoms with van der Waals surface area (Å²) in [7, 11) is -2.97. The van der Waals surface area contributed by atoms with Gasteiger partial charge in [-0.25, -0.2) is 13.4 Å². The molecule has 3 aromatic rings. The van der Waals surface area contributed by atoms with Crippen molar-refractivity contribution in [3.63, 3.8) is 0 Å². The van der Waals surface area contributed by atoms with Gasteiger partial charge in [0, 0.05) is 24.1 Å². The summed E-state index contributed by atoms with van der Waals surface area (Å²) in [5, 5.41) is 0. The quantitative estimate of drug-likeness (QED) is 0.312. The lowest BCUT2D eigenvalue weighted by Crippen LogP contribution is -2.08. The lowest BCUT2D eigenvalue weighted by atomic mass is 9.95. The van der Waals surface area contributed by atoms with Crippen LogP contribution in [0.15, 0.2) is 48.7 Å². The predicted octanol–water partition coefficient (Wildman–Crippen LogP) is 6.44. The molecule has 192 valence electrons. The molecule has 2 unspecified atom stereocenters. The van der Waals surface area contributed by atoms with Crippen molar-refractivity contribution >= 4 is 9.84 Å². The van der Waals surface area contributed by atoms with E-state index in [2.05, 4.69) is 48.3 Å². The number of hydrogen-bond donors (Lipinski definition) is 0. The number of aromatic nitrogens is 1. The van der Waals surface area contributed by atoms with Gasteiger partial charge in [-0.2, -0.15) is 0 Å². The van der Waals surface area contributed by atoms with Crippen molar-refractivity contribution in [1.29, 1.82) is 0 Å². The summed E-state index contributed by atoms with van der Waals surface area (Å²) >= 11 is 0. The minimum absolute atomic E-state index is 0.116. The van der Waals surface area contributed by atoms with Gasteiger partial charge in [-0.05, 0) is 90.5 Å². The van der Waals surface area contributed by atoms with Gasteiger partial charge in [0.05, 0.1) is 12.4 Å². The molecule has 0 saturated heterocycles. The smallest absolute Gasteiger partial charge is 0.213 e. The van der Waals surface area contributed by atoms with Gasteiger partial charge in [0.25, 0.3) is 0 Å². The molecular weight excluding hydrogens is 470 g/mol. The highest BCUT2D eigenvalue weighted by Crippen LogP contribution is 2.56. The molecule has 2 aromatic carbocycles. The fourth-order valence-electron chi connectivity index (χ4n) is 5.03. The molecule has 2 atom stereocenters. The van der Waals surface area contributed by atoms with Crippen molar-refractivity contribution in [3.05, 3.63) is 76.5 Å². The summed E-state index contributed by atoms with van der Waals surface area (Å²) in [4.78, 5) is 4.45. The Morgan fingerprint density at radius 1 is 1.03 bits per heavy atom. The molecule has 0 N–H and O–H groups in total. The van der Waals surface area contributed by atoms with Gasteiger partial charge < -0.3 is 9.47 Å². The van der Waals surface area contributed by atoms with E-state index in [1.54, 1.807) is 0 Å². The molecule has 2 aliphatic carbocycles. The second-order valence-electron chi connectivity index (χ2n) is 9.71. The summed E-state index contributed by atoms with van der Waals surface area (Å²) in [5.41, 5.74) is 8.57. The van der Waals surface area contributed by atoms with Crippen LogP contribution in [0.5, 0.6) is 11.6 Å².